The number of morpholine rings is 1. The Morgan fingerprint density at radius 3 is 2.89 bits per heavy atom. The predicted octanol–water partition coefficient (Wildman–Crippen LogP) is 2.28. The second-order valence-corrected chi connectivity index (χ2v) is 8.77. The lowest BCUT2D eigenvalue weighted by Gasteiger charge is -2.26. The molecule has 4 aromatic rings. The average molecular weight is 475 g/mol. The molecule has 1 N–H and O–H groups in total. The first-order valence-corrected chi connectivity index (χ1v) is 11.4. The van der Waals surface area contributed by atoms with E-state index in [4.69, 9.17) is 4.74 Å². The highest BCUT2D eigenvalue weighted by atomic mass is 19.1. The number of aromatic nitrogens is 5. The van der Waals surface area contributed by atoms with Crippen LogP contribution in [0.1, 0.15) is 28.8 Å². The van der Waals surface area contributed by atoms with Gasteiger partial charge in [-0.25, -0.2) is 14.1 Å². The van der Waals surface area contributed by atoms with Crippen LogP contribution < -0.4 is 10.2 Å². The van der Waals surface area contributed by atoms with E-state index >= 15 is 0 Å². The molecule has 178 valence electrons. The third kappa shape index (κ3) is 3.93. The van der Waals surface area contributed by atoms with Gasteiger partial charge in [-0.05, 0) is 49.6 Å². The fourth-order valence-electron chi connectivity index (χ4n) is 4.18. The molecular formula is C24H22FN7O3. The number of imidazole rings is 1. The van der Waals surface area contributed by atoms with Crippen LogP contribution >= 0.6 is 0 Å². The van der Waals surface area contributed by atoms with Gasteiger partial charge in [0.25, 0.3) is 11.8 Å². The van der Waals surface area contributed by atoms with E-state index in [0.29, 0.717) is 41.4 Å². The number of fused-ring (bicyclic) bond motifs is 1. The Kier molecular flexibility index (Phi) is 5.06. The van der Waals surface area contributed by atoms with Gasteiger partial charge in [0.05, 0.1) is 41.6 Å². The van der Waals surface area contributed by atoms with Gasteiger partial charge < -0.3 is 15.0 Å². The largest absolute Gasteiger partial charge is 0.370 e. The zero-order chi connectivity index (χ0) is 24.1. The van der Waals surface area contributed by atoms with Gasteiger partial charge in [-0.1, -0.05) is 5.21 Å². The van der Waals surface area contributed by atoms with Gasteiger partial charge in [-0.15, -0.1) is 5.10 Å². The van der Waals surface area contributed by atoms with Crippen LogP contribution in [-0.2, 0) is 9.53 Å². The fraction of sp³-hybridized carbons (Fsp3) is 0.292. The van der Waals surface area contributed by atoms with Gasteiger partial charge >= 0.3 is 0 Å². The first kappa shape index (κ1) is 21.4. The van der Waals surface area contributed by atoms with E-state index < -0.39 is 11.7 Å². The highest BCUT2D eigenvalue weighted by Crippen LogP contribution is 2.26. The Morgan fingerprint density at radius 2 is 2.09 bits per heavy atom. The number of carbonyl (C=O) groups excluding carboxylic acids is 2. The second-order valence-electron chi connectivity index (χ2n) is 8.77. The summed E-state index contributed by atoms with van der Waals surface area (Å²) in [6.45, 7) is 2.76. The number of benzene rings is 1. The maximum absolute atomic E-state index is 14.5. The summed E-state index contributed by atoms with van der Waals surface area (Å²) in [5.74, 6) is -1.10. The van der Waals surface area contributed by atoms with Gasteiger partial charge in [0.2, 0.25) is 0 Å². The zero-order valence-electron chi connectivity index (χ0n) is 18.9. The van der Waals surface area contributed by atoms with E-state index in [-0.39, 0.29) is 24.1 Å². The van der Waals surface area contributed by atoms with Crippen molar-refractivity contribution >= 4 is 23.1 Å². The molecule has 1 saturated heterocycles. The lowest BCUT2D eigenvalue weighted by Crippen LogP contribution is -2.41. The van der Waals surface area contributed by atoms with Crippen molar-refractivity contribution in [1.29, 1.82) is 0 Å². The normalized spacial score (nSPS) is 16.2. The molecule has 10 nitrogen and oxygen atoms in total. The average Bonchev–Trinajstić information content (AvgIpc) is 3.35. The highest BCUT2D eigenvalue weighted by Gasteiger charge is 2.26. The smallest absolute Gasteiger partial charge is 0.254 e. The number of halogens is 1. The Bertz CT molecular complexity index is 1470. The van der Waals surface area contributed by atoms with E-state index in [0.717, 1.165) is 18.5 Å². The first-order valence-electron chi connectivity index (χ1n) is 11.4. The number of aryl methyl sites for hydroxylation is 1. The van der Waals surface area contributed by atoms with E-state index in [2.05, 4.69) is 20.6 Å². The lowest BCUT2D eigenvalue weighted by molar-refractivity contribution is -0.125. The first-order chi connectivity index (χ1) is 17.0. The van der Waals surface area contributed by atoms with Crippen LogP contribution in [0.15, 0.2) is 42.9 Å². The number of pyridine rings is 1. The molecule has 1 aliphatic carbocycles. The summed E-state index contributed by atoms with van der Waals surface area (Å²) in [4.78, 5) is 30.9. The number of nitrogens with zero attached hydrogens (tertiary/aromatic N) is 6. The monoisotopic (exact) mass is 475 g/mol. The van der Waals surface area contributed by atoms with E-state index in [1.165, 1.54) is 16.8 Å². The topological polar surface area (TPSA) is 107 Å². The Labute approximate surface area is 199 Å². The van der Waals surface area contributed by atoms with E-state index in [1.807, 2.05) is 22.7 Å². The summed E-state index contributed by atoms with van der Waals surface area (Å²) in [6.07, 6.45) is 7.06. The van der Waals surface area contributed by atoms with Crippen LogP contribution in [0.3, 0.4) is 0 Å². The molecule has 3 aromatic heterocycles. The number of carbonyl (C=O) groups is 2. The van der Waals surface area contributed by atoms with Crippen LogP contribution in [-0.4, -0.2) is 62.0 Å². The highest BCUT2D eigenvalue weighted by molar-refractivity contribution is 5.96. The van der Waals surface area contributed by atoms with Crippen LogP contribution in [0.4, 0.5) is 10.1 Å². The SMILES string of the molecule is Cc1cc(F)c(C(=O)NC2CC2)cc1-n1cc(-c2cnc3ccc(N4CCOCC4=O)cn23)nn1. The molecule has 0 spiro atoms. The maximum atomic E-state index is 14.5. The number of hydrogen-bond donors (Lipinski definition) is 1. The number of anilines is 1. The van der Waals surface area contributed by atoms with Crippen molar-refractivity contribution in [3.8, 4) is 17.1 Å². The molecular weight excluding hydrogens is 453 g/mol. The van der Waals surface area contributed by atoms with Gasteiger partial charge in [-0.2, -0.15) is 0 Å². The number of rotatable bonds is 5. The predicted molar refractivity (Wildman–Crippen MR) is 124 cm³/mol. The Hall–Kier alpha value is -4.12. The Balaban J connectivity index is 1.35. The van der Waals surface area contributed by atoms with Gasteiger partial charge in [-0.3, -0.25) is 14.0 Å². The van der Waals surface area contributed by atoms with Crippen LogP contribution in [0.2, 0.25) is 0 Å². The number of amides is 2. The molecule has 4 heterocycles. The van der Waals surface area contributed by atoms with Crippen molar-refractivity contribution in [1.82, 2.24) is 29.7 Å². The molecule has 2 fully saturated rings. The summed E-state index contributed by atoms with van der Waals surface area (Å²) >= 11 is 0. The molecule has 0 bridgehead atoms. The van der Waals surface area contributed by atoms with Crippen molar-refractivity contribution in [3.63, 3.8) is 0 Å². The molecule has 2 aliphatic rings. The van der Waals surface area contributed by atoms with Crippen molar-refractivity contribution in [2.45, 2.75) is 25.8 Å². The standard InChI is InChI=1S/C24H22FN7O3/c1-14-8-18(25)17(24(34)27-15-2-3-15)9-20(14)32-12-19(28-29-32)21-10-26-22-5-4-16(11-31(21)22)30-6-7-35-13-23(30)33/h4-5,8-12,15H,2-3,6-7,13H2,1H3,(H,27,34). The summed E-state index contributed by atoms with van der Waals surface area (Å²) in [6, 6.07) is 6.64. The fourth-order valence-corrected chi connectivity index (χ4v) is 4.18. The molecule has 6 rings (SSSR count). The summed E-state index contributed by atoms with van der Waals surface area (Å²) in [7, 11) is 0. The molecule has 0 radical (unpaired) electrons. The van der Waals surface area contributed by atoms with Gasteiger partial charge in [0.15, 0.2) is 0 Å². The molecule has 11 heteroatoms. The molecule has 1 saturated carbocycles. The quantitative estimate of drug-likeness (QED) is 0.475. The molecule has 0 unspecified atom stereocenters. The minimum Gasteiger partial charge on any atom is -0.370 e. The van der Waals surface area contributed by atoms with Crippen LogP contribution in [0.5, 0.6) is 0 Å². The summed E-state index contributed by atoms with van der Waals surface area (Å²) < 4.78 is 23.1. The maximum Gasteiger partial charge on any atom is 0.254 e. The van der Waals surface area contributed by atoms with Crippen molar-refractivity contribution in [3.05, 3.63) is 59.8 Å². The third-order valence-electron chi connectivity index (χ3n) is 6.23. The summed E-state index contributed by atoms with van der Waals surface area (Å²) in [5, 5.41) is 11.3. The number of nitrogens with one attached hydrogen (secondary N) is 1. The van der Waals surface area contributed by atoms with Crippen LogP contribution in [0.25, 0.3) is 22.7 Å². The lowest BCUT2D eigenvalue weighted by atomic mass is 10.1. The molecule has 1 aliphatic heterocycles. The van der Waals surface area contributed by atoms with Gasteiger partial charge in [0.1, 0.15) is 23.8 Å². The van der Waals surface area contributed by atoms with Crippen molar-refractivity contribution in [2.75, 3.05) is 24.7 Å². The molecule has 0 atom stereocenters. The van der Waals surface area contributed by atoms with Crippen LogP contribution in [0, 0.1) is 12.7 Å². The number of ether oxygens (including phenoxy) is 1. The molecule has 35 heavy (non-hydrogen) atoms. The zero-order valence-corrected chi connectivity index (χ0v) is 18.9. The van der Waals surface area contributed by atoms with E-state index in [9.17, 15) is 14.0 Å². The minimum atomic E-state index is -0.572. The third-order valence-corrected chi connectivity index (χ3v) is 6.23. The Morgan fingerprint density at radius 1 is 1.23 bits per heavy atom. The van der Waals surface area contributed by atoms with E-state index in [1.54, 1.807) is 24.2 Å². The molecule has 1 aromatic carbocycles. The van der Waals surface area contributed by atoms with Crippen molar-refractivity contribution < 1.29 is 18.7 Å². The van der Waals surface area contributed by atoms with Gasteiger partial charge in [0, 0.05) is 18.8 Å². The summed E-state index contributed by atoms with van der Waals surface area (Å²) in [5.41, 5.74) is 3.79. The minimum absolute atomic E-state index is 0.0239. The molecule has 2 amide bonds. The second kappa shape index (κ2) is 8.27. The van der Waals surface area contributed by atoms with Crippen molar-refractivity contribution in [2.24, 2.45) is 0 Å². The number of hydrogen-bond acceptors (Lipinski definition) is 6.